The smallest absolute Gasteiger partial charge is 0.187 e. The molecule has 3 rings (SSSR count). The van der Waals surface area contributed by atoms with E-state index in [1.165, 1.54) is 10.7 Å². The van der Waals surface area contributed by atoms with Gasteiger partial charge in [-0.25, -0.2) is 4.39 Å². The van der Waals surface area contributed by atoms with E-state index in [4.69, 9.17) is 17.3 Å². The molecule has 21 heavy (non-hydrogen) atoms. The second-order valence-corrected chi connectivity index (χ2v) is 4.99. The third-order valence-electron chi connectivity index (χ3n) is 3.11. The number of tetrazole rings is 1. The number of aromatic nitrogens is 4. The Bertz CT molecular complexity index is 749. The topological polar surface area (TPSA) is 69.6 Å². The molecule has 0 fully saturated rings. The van der Waals surface area contributed by atoms with Crippen molar-refractivity contribution in [3.63, 3.8) is 0 Å². The molecule has 0 spiro atoms. The maximum Gasteiger partial charge on any atom is 0.187 e. The minimum atomic E-state index is -0.274. The van der Waals surface area contributed by atoms with Gasteiger partial charge in [0.15, 0.2) is 5.82 Å². The molecule has 0 aliphatic carbocycles. The van der Waals surface area contributed by atoms with Crippen molar-refractivity contribution < 1.29 is 4.39 Å². The summed E-state index contributed by atoms with van der Waals surface area (Å²) >= 11 is 5.91. The van der Waals surface area contributed by atoms with Crippen LogP contribution in [0.25, 0.3) is 17.1 Å². The second kappa shape index (κ2) is 5.14. The molecule has 5 nitrogen and oxygen atoms in total. The summed E-state index contributed by atoms with van der Waals surface area (Å²) in [4.78, 5) is 0. The fraction of sp³-hybridized carbons (Fsp3) is 0.0714. The molecule has 1 heterocycles. The van der Waals surface area contributed by atoms with E-state index in [-0.39, 0.29) is 5.82 Å². The predicted molar refractivity (Wildman–Crippen MR) is 78.7 cm³/mol. The minimum absolute atomic E-state index is 0.274. The van der Waals surface area contributed by atoms with Crippen LogP contribution in [0.1, 0.15) is 5.56 Å². The Morgan fingerprint density at radius 3 is 2.71 bits per heavy atom. The van der Waals surface area contributed by atoms with Crippen molar-refractivity contribution in [3.05, 3.63) is 52.8 Å². The highest BCUT2D eigenvalue weighted by Gasteiger charge is 2.12. The van der Waals surface area contributed by atoms with Gasteiger partial charge in [0, 0.05) is 5.56 Å². The first-order valence-electron chi connectivity index (χ1n) is 6.16. The molecule has 106 valence electrons. The summed E-state index contributed by atoms with van der Waals surface area (Å²) in [7, 11) is 0. The molecule has 1 aromatic heterocycles. The summed E-state index contributed by atoms with van der Waals surface area (Å²) in [6.07, 6.45) is 0. The highest BCUT2D eigenvalue weighted by Crippen LogP contribution is 2.26. The molecular formula is C14H11ClFN5. The average molecular weight is 304 g/mol. The van der Waals surface area contributed by atoms with Crippen LogP contribution in [0.5, 0.6) is 0 Å². The molecule has 0 saturated carbocycles. The van der Waals surface area contributed by atoms with Crippen molar-refractivity contribution in [2.24, 2.45) is 0 Å². The quantitative estimate of drug-likeness (QED) is 0.739. The molecule has 7 heteroatoms. The van der Waals surface area contributed by atoms with E-state index in [1.807, 2.05) is 0 Å². The molecule has 0 unspecified atom stereocenters. The highest BCUT2D eigenvalue weighted by atomic mass is 35.5. The zero-order valence-corrected chi connectivity index (χ0v) is 11.8. The lowest BCUT2D eigenvalue weighted by molar-refractivity contribution is 0.617. The van der Waals surface area contributed by atoms with Gasteiger partial charge in [-0.1, -0.05) is 11.6 Å². The number of benzene rings is 2. The molecule has 2 N–H and O–H groups in total. The normalized spacial score (nSPS) is 10.8. The fourth-order valence-corrected chi connectivity index (χ4v) is 2.10. The van der Waals surface area contributed by atoms with Crippen molar-refractivity contribution in [2.75, 3.05) is 5.73 Å². The van der Waals surface area contributed by atoms with Crippen molar-refractivity contribution in [1.29, 1.82) is 0 Å². The summed E-state index contributed by atoms with van der Waals surface area (Å²) < 4.78 is 14.9. The standard InChI is InChI=1S/C14H11ClFN5/c1-8-6-10(3-5-12(8)16)21-14(18-19-20-21)9-2-4-11(15)13(17)7-9/h2-7H,17H2,1H3. The number of rotatable bonds is 2. The fourth-order valence-electron chi connectivity index (χ4n) is 1.98. The Hall–Kier alpha value is -2.47. The molecule has 2 aromatic carbocycles. The maximum atomic E-state index is 13.4. The van der Waals surface area contributed by atoms with Crippen LogP contribution in [0.2, 0.25) is 5.02 Å². The van der Waals surface area contributed by atoms with Crippen LogP contribution in [0.3, 0.4) is 0 Å². The summed E-state index contributed by atoms with van der Waals surface area (Å²) in [6, 6.07) is 9.82. The van der Waals surface area contributed by atoms with E-state index in [9.17, 15) is 4.39 Å². The first-order valence-corrected chi connectivity index (χ1v) is 6.54. The number of nitrogens with two attached hydrogens (primary N) is 1. The molecule has 0 bridgehead atoms. The van der Waals surface area contributed by atoms with Crippen molar-refractivity contribution >= 4 is 17.3 Å². The van der Waals surface area contributed by atoms with Gasteiger partial charge in [-0.3, -0.25) is 0 Å². The number of hydrogen-bond donors (Lipinski definition) is 1. The molecule has 0 radical (unpaired) electrons. The van der Waals surface area contributed by atoms with Gasteiger partial charge in [0.05, 0.1) is 16.4 Å². The number of nitrogen functional groups attached to an aromatic ring is 1. The van der Waals surface area contributed by atoms with Gasteiger partial charge in [-0.05, 0) is 59.3 Å². The van der Waals surface area contributed by atoms with Crippen LogP contribution in [-0.2, 0) is 0 Å². The third kappa shape index (κ3) is 2.45. The van der Waals surface area contributed by atoms with E-state index in [1.54, 1.807) is 37.3 Å². The minimum Gasteiger partial charge on any atom is -0.398 e. The first kappa shape index (κ1) is 13.5. The average Bonchev–Trinajstić information content (AvgIpc) is 2.94. The Labute approximate surface area is 125 Å². The molecule has 0 aliphatic rings. The summed E-state index contributed by atoms with van der Waals surface area (Å²) in [6.45, 7) is 1.68. The molecule has 0 saturated heterocycles. The predicted octanol–water partition coefficient (Wildman–Crippen LogP) is 3.01. The number of aryl methyl sites for hydroxylation is 1. The van der Waals surface area contributed by atoms with Crippen LogP contribution in [0.15, 0.2) is 36.4 Å². The number of anilines is 1. The Morgan fingerprint density at radius 2 is 2.00 bits per heavy atom. The van der Waals surface area contributed by atoms with E-state index in [0.29, 0.717) is 27.8 Å². The van der Waals surface area contributed by atoms with Crippen LogP contribution < -0.4 is 5.73 Å². The Kier molecular flexibility index (Phi) is 3.31. The van der Waals surface area contributed by atoms with E-state index in [2.05, 4.69) is 15.5 Å². The molecule has 0 amide bonds. The molecule has 3 aromatic rings. The largest absolute Gasteiger partial charge is 0.398 e. The summed E-state index contributed by atoms with van der Waals surface area (Å²) in [5.41, 5.74) is 8.16. The van der Waals surface area contributed by atoms with Crippen molar-refractivity contribution in [1.82, 2.24) is 20.2 Å². The third-order valence-corrected chi connectivity index (χ3v) is 3.45. The van der Waals surface area contributed by atoms with Gasteiger partial charge in [-0.2, -0.15) is 4.68 Å². The van der Waals surface area contributed by atoms with Crippen LogP contribution in [-0.4, -0.2) is 20.2 Å². The van der Waals surface area contributed by atoms with Gasteiger partial charge >= 0.3 is 0 Å². The van der Waals surface area contributed by atoms with Gasteiger partial charge in [-0.15, -0.1) is 5.10 Å². The molecule has 0 atom stereocenters. The van der Waals surface area contributed by atoms with Crippen LogP contribution in [0, 0.1) is 12.7 Å². The lowest BCUT2D eigenvalue weighted by atomic mass is 10.1. The van der Waals surface area contributed by atoms with Gasteiger partial charge in [0.25, 0.3) is 0 Å². The van der Waals surface area contributed by atoms with Crippen LogP contribution in [0.4, 0.5) is 10.1 Å². The lowest BCUT2D eigenvalue weighted by Gasteiger charge is -2.07. The number of halogens is 2. The monoisotopic (exact) mass is 303 g/mol. The zero-order valence-electron chi connectivity index (χ0n) is 11.1. The van der Waals surface area contributed by atoms with Crippen LogP contribution >= 0.6 is 11.6 Å². The molecule has 0 aliphatic heterocycles. The van der Waals surface area contributed by atoms with Gasteiger partial charge in [0.2, 0.25) is 0 Å². The summed E-state index contributed by atoms with van der Waals surface area (Å²) in [5, 5.41) is 12.1. The van der Waals surface area contributed by atoms with E-state index < -0.39 is 0 Å². The SMILES string of the molecule is Cc1cc(-n2nnnc2-c2ccc(Cl)c(N)c2)ccc1F. The lowest BCUT2D eigenvalue weighted by Crippen LogP contribution is -2.01. The zero-order chi connectivity index (χ0) is 15.0. The van der Waals surface area contributed by atoms with Gasteiger partial charge < -0.3 is 5.73 Å². The van der Waals surface area contributed by atoms with Gasteiger partial charge in [0.1, 0.15) is 5.82 Å². The first-order chi connectivity index (χ1) is 10.1. The number of nitrogens with zero attached hydrogens (tertiary/aromatic N) is 4. The van der Waals surface area contributed by atoms with Crippen molar-refractivity contribution in [2.45, 2.75) is 6.92 Å². The van der Waals surface area contributed by atoms with Crippen molar-refractivity contribution in [3.8, 4) is 17.1 Å². The van der Waals surface area contributed by atoms with E-state index in [0.717, 1.165) is 5.56 Å². The highest BCUT2D eigenvalue weighted by molar-refractivity contribution is 6.33. The Morgan fingerprint density at radius 1 is 1.19 bits per heavy atom. The Balaban J connectivity index is 2.12. The summed E-state index contributed by atoms with van der Waals surface area (Å²) in [5.74, 6) is 0.230. The second-order valence-electron chi connectivity index (χ2n) is 4.58. The number of hydrogen-bond acceptors (Lipinski definition) is 4. The maximum absolute atomic E-state index is 13.4. The molecular weight excluding hydrogens is 293 g/mol. The van der Waals surface area contributed by atoms with E-state index >= 15 is 0 Å².